The van der Waals surface area contributed by atoms with Gasteiger partial charge in [0.2, 0.25) is 0 Å². The van der Waals surface area contributed by atoms with Crippen LogP contribution in [0.5, 0.6) is 0 Å². The number of nitrogens with zero attached hydrogens (tertiary/aromatic N) is 1. The number of benzene rings is 1. The smallest absolute Gasteiger partial charge is 0.0702 e. The molecule has 1 aromatic carbocycles. The molecule has 0 radical (unpaired) electrons. The van der Waals surface area contributed by atoms with Crippen LogP contribution in [0, 0.1) is 0 Å². The molecule has 1 N–H and O–H groups in total. The lowest BCUT2D eigenvalue weighted by molar-refractivity contribution is -0.0139. The van der Waals surface area contributed by atoms with Gasteiger partial charge in [-0.15, -0.1) is 0 Å². The zero-order valence-electron chi connectivity index (χ0n) is 12.1. The fourth-order valence-electron chi connectivity index (χ4n) is 1.96. The van der Waals surface area contributed by atoms with Crippen molar-refractivity contribution in [2.75, 3.05) is 13.7 Å². The van der Waals surface area contributed by atoms with Crippen LogP contribution < -0.4 is 5.32 Å². The van der Waals surface area contributed by atoms with Crippen molar-refractivity contribution in [2.24, 2.45) is 0 Å². The second-order valence-corrected chi connectivity index (χ2v) is 5.73. The van der Waals surface area contributed by atoms with E-state index in [-0.39, 0.29) is 11.6 Å². The summed E-state index contributed by atoms with van der Waals surface area (Å²) >= 11 is 0. The fourth-order valence-corrected chi connectivity index (χ4v) is 1.96. The van der Waals surface area contributed by atoms with Crippen molar-refractivity contribution in [3.8, 4) is 0 Å². The first-order valence-electron chi connectivity index (χ1n) is 6.65. The van der Waals surface area contributed by atoms with Gasteiger partial charge in [-0.05, 0) is 45.5 Å². The molecule has 3 nitrogen and oxygen atoms in total. The Morgan fingerprint density at radius 1 is 1.26 bits per heavy atom. The summed E-state index contributed by atoms with van der Waals surface area (Å²) < 4.78 is 5.86. The van der Waals surface area contributed by atoms with Gasteiger partial charge in [-0.1, -0.05) is 18.2 Å². The van der Waals surface area contributed by atoms with Gasteiger partial charge in [0.1, 0.15) is 0 Å². The Morgan fingerprint density at radius 2 is 2.00 bits per heavy atom. The van der Waals surface area contributed by atoms with Gasteiger partial charge in [-0.2, -0.15) is 0 Å². The fraction of sp³-hybridized carbons (Fsp3) is 0.438. The minimum atomic E-state index is -0.126. The first-order valence-corrected chi connectivity index (χ1v) is 6.65. The summed E-state index contributed by atoms with van der Waals surface area (Å²) in [6.07, 6.45) is 1.93. The molecular formula is C16H22N2O. The van der Waals surface area contributed by atoms with Crippen LogP contribution in [0.25, 0.3) is 10.9 Å². The van der Waals surface area contributed by atoms with E-state index in [1.165, 1.54) is 0 Å². The number of hydrogen-bond acceptors (Lipinski definition) is 3. The van der Waals surface area contributed by atoms with E-state index in [4.69, 9.17) is 4.74 Å². The van der Waals surface area contributed by atoms with E-state index >= 15 is 0 Å². The van der Waals surface area contributed by atoms with Gasteiger partial charge >= 0.3 is 0 Å². The second-order valence-electron chi connectivity index (χ2n) is 5.73. The number of ether oxygens (including phenoxy) is 1. The quantitative estimate of drug-likeness (QED) is 0.913. The summed E-state index contributed by atoms with van der Waals surface area (Å²) in [5, 5.41) is 4.45. The monoisotopic (exact) mass is 258 g/mol. The summed E-state index contributed by atoms with van der Waals surface area (Å²) in [7, 11) is 1.95. The van der Waals surface area contributed by atoms with Crippen molar-refractivity contribution >= 4 is 10.9 Å². The molecule has 102 valence electrons. The average Bonchev–Trinajstić information content (AvgIpc) is 2.38. The highest BCUT2D eigenvalue weighted by molar-refractivity contribution is 5.78. The lowest BCUT2D eigenvalue weighted by Crippen LogP contribution is -2.28. The van der Waals surface area contributed by atoms with E-state index in [1.54, 1.807) is 0 Å². The average molecular weight is 258 g/mol. The number of rotatable bonds is 4. The zero-order chi connectivity index (χ0) is 13.9. The highest BCUT2D eigenvalue weighted by atomic mass is 16.5. The van der Waals surface area contributed by atoms with Crippen LogP contribution in [0.1, 0.15) is 32.4 Å². The van der Waals surface area contributed by atoms with Gasteiger partial charge in [0, 0.05) is 11.6 Å². The molecule has 0 aliphatic carbocycles. The minimum absolute atomic E-state index is 0.126. The highest BCUT2D eigenvalue weighted by Crippen LogP contribution is 2.20. The standard InChI is InChI=1S/C16H22N2O/c1-16(2,3)19-11-15(17-4)13-9-12-7-5-6-8-14(12)18-10-13/h5-10,15,17H,11H2,1-4H3. The number of fused-ring (bicyclic) bond motifs is 1. The first kappa shape index (κ1) is 14.0. The van der Waals surface area contributed by atoms with Crippen molar-refractivity contribution in [2.45, 2.75) is 32.4 Å². The maximum Gasteiger partial charge on any atom is 0.0702 e. The Balaban J connectivity index is 2.20. The molecule has 1 atom stereocenters. The molecule has 3 heteroatoms. The summed E-state index contributed by atoms with van der Waals surface area (Å²) in [5.74, 6) is 0. The van der Waals surface area contributed by atoms with E-state index < -0.39 is 0 Å². The van der Waals surface area contributed by atoms with Crippen LogP contribution in [-0.2, 0) is 4.74 Å². The van der Waals surface area contributed by atoms with E-state index in [1.807, 2.05) is 31.4 Å². The molecule has 0 amide bonds. The maximum absolute atomic E-state index is 5.86. The predicted molar refractivity (Wildman–Crippen MR) is 79.2 cm³/mol. The van der Waals surface area contributed by atoms with Gasteiger partial charge < -0.3 is 10.1 Å². The van der Waals surface area contributed by atoms with Gasteiger partial charge in [0.25, 0.3) is 0 Å². The van der Waals surface area contributed by atoms with Gasteiger partial charge in [0.05, 0.1) is 23.8 Å². The predicted octanol–water partition coefficient (Wildman–Crippen LogP) is 3.31. The van der Waals surface area contributed by atoms with Crippen LogP contribution in [0.15, 0.2) is 36.5 Å². The first-order chi connectivity index (χ1) is 8.99. The van der Waals surface area contributed by atoms with Crippen LogP contribution in [0.4, 0.5) is 0 Å². The molecule has 1 unspecified atom stereocenters. The van der Waals surface area contributed by atoms with E-state index in [0.29, 0.717) is 6.61 Å². The molecule has 0 aliphatic rings. The van der Waals surface area contributed by atoms with Gasteiger partial charge in [0.15, 0.2) is 0 Å². The largest absolute Gasteiger partial charge is 0.374 e. The second kappa shape index (κ2) is 5.68. The zero-order valence-corrected chi connectivity index (χ0v) is 12.1. The molecular weight excluding hydrogens is 236 g/mol. The van der Waals surface area contributed by atoms with Gasteiger partial charge in [-0.3, -0.25) is 4.98 Å². The highest BCUT2D eigenvalue weighted by Gasteiger charge is 2.16. The Labute approximate surface area is 115 Å². The lowest BCUT2D eigenvalue weighted by Gasteiger charge is -2.24. The molecule has 0 fully saturated rings. The number of nitrogens with one attached hydrogen (secondary N) is 1. The molecule has 2 rings (SSSR count). The van der Waals surface area contributed by atoms with Crippen LogP contribution in [0.2, 0.25) is 0 Å². The number of hydrogen-bond donors (Lipinski definition) is 1. The van der Waals surface area contributed by atoms with Crippen molar-refractivity contribution in [1.29, 1.82) is 0 Å². The Hall–Kier alpha value is -1.45. The van der Waals surface area contributed by atoms with Crippen molar-refractivity contribution in [3.63, 3.8) is 0 Å². The molecule has 1 heterocycles. The Bertz CT molecular complexity index is 546. The molecule has 0 aliphatic heterocycles. The third kappa shape index (κ3) is 3.75. The van der Waals surface area contributed by atoms with Crippen molar-refractivity contribution < 1.29 is 4.74 Å². The number of pyridine rings is 1. The number of para-hydroxylation sites is 1. The van der Waals surface area contributed by atoms with Crippen LogP contribution in [-0.4, -0.2) is 24.2 Å². The SMILES string of the molecule is CNC(COC(C)(C)C)c1cnc2ccccc2c1. The molecule has 19 heavy (non-hydrogen) atoms. The molecule has 0 spiro atoms. The molecule has 0 bridgehead atoms. The summed E-state index contributed by atoms with van der Waals surface area (Å²) in [6.45, 7) is 6.84. The molecule has 0 saturated carbocycles. The minimum Gasteiger partial charge on any atom is -0.374 e. The molecule has 2 aromatic rings. The van der Waals surface area contributed by atoms with E-state index in [0.717, 1.165) is 16.5 Å². The van der Waals surface area contributed by atoms with Gasteiger partial charge in [-0.25, -0.2) is 0 Å². The maximum atomic E-state index is 5.86. The summed E-state index contributed by atoms with van der Waals surface area (Å²) in [5.41, 5.74) is 2.06. The normalized spacial score (nSPS) is 13.7. The summed E-state index contributed by atoms with van der Waals surface area (Å²) in [6, 6.07) is 10.5. The van der Waals surface area contributed by atoms with E-state index in [2.05, 4.69) is 43.2 Å². The summed E-state index contributed by atoms with van der Waals surface area (Å²) in [4.78, 5) is 4.50. The third-order valence-electron chi connectivity index (χ3n) is 3.05. The number of likely N-dealkylation sites (N-methyl/N-ethyl adjacent to an activating group) is 1. The Kier molecular flexibility index (Phi) is 4.17. The van der Waals surface area contributed by atoms with E-state index in [9.17, 15) is 0 Å². The van der Waals surface area contributed by atoms with Crippen molar-refractivity contribution in [3.05, 3.63) is 42.1 Å². The topological polar surface area (TPSA) is 34.1 Å². The third-order valence-corrected chi connectivity index (χ3v) is 3.05. The van der Waals surface area contributed by atoms with Crippen molar-refractivity contribution in [1.82, 2.24) is 10.3 Å². The van der Waals surface area contributed by atoms with Crippen LogP contribution >= 0.6 is 0 Å². The lowest BCUT2D eigenvalue weighted by atomic mass is 10.1. The number of aromatic nitrogens is 1. The Morgan fingerprint density at radius 3 is 2.68 bits per heavy atom. The molecule has 1 aromatic heterocycles. The molecule has 0 saturated heterocycles. The van der Waals surface area contributed by atoms with Crippen LogP contribution in [0.3, 0.4) is 0 Å².